The van der Waals surface area contributed by atoms with Crippen LogP contribution in [0.3, 0.4) is 0 Å². The van der Waals surface area contributed by atoms with Gasteiger partial charge in [0.2, 0.25) is 0 Å². The molecule has 5 heteroatoms. The first-order valence-corrected chi connectivity index (χ1v) is 6.58. The highest BCUT2D eigenvalue weighted by molar-refractivity contribution is 5.85. The number of methoxy groups -OCH3 is 1. The minimum atomic E-state index is -0.268. The van der Waals surface area contributed by atoms with Crippen molar-refractivity contribution in [3.05, 3.63) is 0 Å². The van der Waals surface area contributed by atoms with Crippen molar-refractivity contribution < 1.29 is 9.94 Å². The molecule has 1 aliphatic rings. The molecule has 1 fully saturated rings. The maximum absolute atomic E-state index is 8.76. The van der Waals surface area contributed by atoms with Crippen LogP contribution < -0.4 is 5.73 Å². The summed E-state index contributed by atoms with van der Waals surface area (Å²) >= 11 is 0. The molecule has 1 heterocycles. The molecule has 0 aromatic rings. The zero-order chi connectivity index (χ0) is 13.8. The van der Waals surface area contributed by atoms with Crippen molar-refractivity contribution >= 4 is 5.84 Å². The van der Waals surface area contributed by atoms with Crippen molar-refractivity contribution in [3.63, 3.8) is 0 Å². The number of oxime groups is 1. The van der Waals surface area contributed by atoms with E-state index in [1.54, 1.807) is 7.11 Å². The Hall–Kier alpha value is -0.810. The summed E-state index contributed by atoms with van der Waals surface area (Å²) in [6, 6.07) is 0. The number of piperidine rings is 1. The maximum Gasteiger partial charge on any atom is 0.144 e. The van der Waals surface area contributed by atoms with Crippen LogP contribution in [0.25, 0.3) is 0 Å². The Morgan fingerprint density at radius 1 is 1.56 bits per heavy atom. The molecule has 0 bridgehead atoms. The molecule has 0 aromatic heterocycles. The van der Waals surface area contributed by atoms with E-state index in [0.717, 1.165) is 38.9 Å². The van der Waals surface area contributed by atoms with Crippen molar-refractivity contribution in [3.8, 4) is 0 Å². The minimum absolute atomic E-state index is 0.0288. The van der Waals surface area contributed by atoms with Gasteiger partial charge < -0.3 is 20.6 Å². The standard InChI is InChI=1S/C13H27N3O2/c1-12(2,11(14)15-17)7-9-16-8-5-6-13(3,10-16)18-4/h17H,5-10H2,1-4H3,(H2,14,15). The lowest BCUT2D eigenvalue weighted by atomic mass is 9.87. The fraction of sp³-hybridized carbons (Fsp3) is 0.923. The van der Waals surface area contributed by atoms with Crippen LogP contribution in [0.5, 0.6) is 0 Å². The zero-order valence-corrected chi connectivity index (χ0v) is 12.1. The van der Waals surface area contributed by atoms with E-state index in [9.17, 15) is 0 Å². The molecule has 0 aromatic carbocycles. The van der Waals surface area contributed by atoms with E-state index in [1.807, 2.05) is 13.8 Å². The van der Waals surface area contributed by atoms with Gasteiger partial charge in [0.25, 0.3) is 0 Å². The monoisotopic (exact) mass is 257 g/mol. The molecule has 0 radical (unpaired) electrons. The summed E-state index contributed by atoms with van der Waals surface area (Å²) in [5, 5.41) is 11.9. The van der Waals surface area contributed by atoms with Gasteiger partial charge in [0.15, 0.2) is 0 Å². The zero-order valence-electron chi connectivity index (χ0n) is 12.1. The Morgan fingerprint density at radius 2 is 2.22 bits per heavy atom. The summed E-state index contributed by atoms with van der Waals surface area (Å²) in [7, 11) is 1.78. The van der Waals surface area contributed by atoms with Gasteiger partial charge in [0, 0.05) is 19.1 Å². The molecule has 0 amide bonds. The maximum atomic E-state index is 8.76. The molecule has 106 valence electrons. The average molecular weight is 257 g/mol. The van der Waals surface area contributed by atoms with Crippen molar-refractivity contribution in [2.24, 2.45) is 16.3 Å². The largest absolute Gasteiger partial charge is 0.409 e. The van der Waals surface area contributed by atoms with Gasteiger partial charge in [-0.1, -0.05) is 19.0 Å². The predicted octanol–water partition coefficient (Wildman–Crippen LogP) is 1.65. The Morgan fingerprint density at radius 3 is 2.78 bits per heavy atom. The Bertz CT molecular complexity index is 305. The lowest BCUT2D eigenvalue weighted by molar-refractivity contribution is -0.0517. The normalized spacial score (nSPS) is 27.4. The van der Waals surface area contributed by atoms with Crippen molar-refractivity contribution in [1.82, 2.24) is 4.90 Å². The lowest BCUT2D eigenvalue weighted by Gasteiger charge is -2.40. The van der Waals surface area contributed by atoms with Gasteiger partial charge in [-0.2, -0.15) is 0 Å². The van der Waals surface area contributed by atoms with Crippen molar-refractivity contribution in [2.75, 3.05) is 26.7 Å². The highest BCUT2D eigenvalue weighted by Crippen LogP contribution is 2.26. The van der Waals surface area contributed by atoms with Crippen LogP contribution >= 0.6 is 0 Å². The second kappa shape index (κ2) is 5.89. The van der Waals surface area contributed by atoms with Crippen LogP contribution in [0.15, 0.2) is 5.16 Å². The van der Waals surface area contributed by atoms with Gasteiger partial charge in [-0.05, 0) is 39.3 Å². The van der Waals surface area contributed by atoms with E-state index in [-0.39, 0.29) is 11.0 Å². The van der Waals surface area contributed by atoms with Gasteiger partial charge in [-0.25, -0.2) is 0 Å². The van der Waals surface area contributed by atoms with E-state index >= 15 is 0 Å². The van der Waals surface area contributed by atoms with Crippen molar-refractivity contribution in [1.29, 1.82) is 0 Å². The summed E-state index contributed by atoms with van der Waals surface area (Å²) in [6.45, 7) is 9.17. The first-order valence-electron chi connectivity index (χ1n) is 6.58. The molecule has 1 rings (SSSR count). The third-order valence-electron chi connectivity index (χ3n) is 4.08. The molecule has 3 N–H and O–H groups in total. The fourth-order valence-corrected chi connectivity index (χ4v) is 2.37. The van der Waals surface area contributed by atoms with Crippen LogP contribution in [0.2, 0.25) is 0 Å². The average Bonchev–Trinajstić information content (AvgIpc) is 2.35. The predicted molar refractivity (Wildman–Crippen MR) is 72.9 cm³/mol. The Balaban J connectivity index is 2.49. The number of rotatable bonds is 5. The third-order valence-corrected chi connectivity index (χ3v) is 4.08. The summed E-state index contributed by atoms with van der Waals surface area (Å²) in [5.41, 5.74) is 5.41. The quantitative estimate of drug-likeness (QED) is 0.340. The summed E-state index contributed by atoms with van der Waals surface area (Å²) in [5.74, 6) is 0.300. The number of nitrogens with zero attached hydrogens (tertiary/aromatic N) is 2. The van der Waals surface area contributed by atoms with E-state index in [2.05, 4.69) is 17.0 Å². The Kier molecular flexibility index (Phi) is 4.99. The highest BCUT2D eigenvalue weighted by atomic mass is 16.5. The highest BCUT2D eigenvalue weighted by Gasteiger charge is 2.32. The fourth-order valence-electron chi connectivity index (χ4n) is 2.37. The summed E-state index contributed by atoms with van der Waals surface area (Å²) in [4.78, 5) is 2.40. The van der Waals surface area contributed by atoms with Gasteiger partial charge in [-0.3, -0.25) is 0 Å². The van der Waals surface area contributed by atoms with Crippen LogP contribution in [0.1, 0.15) is 40.0 Å². The van der Waals surface area contributed by atoms with Gasteiger partial charge in [0.05, 0.1) is 5.60 Å². The number of hydrogen-bond acceptors (Lipinski definition) is 4. The number of likely N-dealkylation sites (tertiary alicyclic amines) is 1. The number of ether oxygens (including phenoxy) is 1. The molecule has 5 nitrogen and oxygen atoms in total. The minimum Gasteiger partial charge on any atom is -0.409 e. The molecule has 0 saturated carbocycles. The molecular formula is C13H27N3O2. The van der Waals surface area contributed by atoms with Gasteiger partial charge in [-0.15, -0.1) is 0 Å². The van der Waals surface area contributed by atoms with Crippen LogP contribution in [-0.2, 0) is 4.74 Å². The van der Waals surface area contributed by atoms with Gasteiger partial charge >= 0.3 is 0 Å². The molecule has 1 saturated heterocycles. The van der Waals surface area contributed by atoms with Gasteiger partial charge in [0.1, 0.15) is 5.84 Å². The van der Waals surface area contributed by atoms with Crippen LogP contribution in [0, 0.1) is 5.41 Å². The van der Waals surface area contributed by atoms with Crippen molar-refractivity contribution in [2.45, 2.75) is 45.6 Å². The van der Waals surface area contributed by atoms with E-state index in [1.165, 1.54) is 0 Å². The first-order chi connectivity index (χ1) is 8.33. The number of nitrogens with two attached hydrogens (primary N) is 1. The van der Waals surface area contributed by atoms with Crippen LogP contribution in [-0.4, -0.2) is 48.3 Å². The lowest BCUT2D eigenvalue weighted by Crippen LogP contribution is -2.48. The van der Waals surface area contributed by atoms with Crippen LogP contribution in [0.4, 0.5) is 0 Å². The number of amidine groups is 1. The molecule has 1 atom stereocenters. The Labute approximate surface area is 110 Å². The molecular weight excluding hydrogens is 230 g/mol. The SMILES string of the molecule is COC1(C)CCCN(CCC(C)(C)C(N)=NO)C1. The second-order valence-corrected chi connectivity index (χ2v) is 6.15. The molecule has 0 aliphatic carbocycles. The molecule has 18 heavy (non-hydrogen) atoms. The van der Waals surface area contributed by atoms with E-state index in [4.69, 9.17) is 15.7 Å². The smallest absolute Gasteiger partial charge is 0.144 e. The third kappa shape index (κ3) is 3.85. The topological polar surface area (TPSA) is 71.1 Å². The first kappa shape index (κ1) is 15.2. The summed E-state index contributed by atoms with van der Waals surface area (Å²) < 4.78 is 5.58. The summed E-state index contributed by atoms with van der Waals surface area (Å²) in [6.07, 6.45) is 3.15. The molecule has 0 spiro atoms. The number of hydrogen-bond donors (Lipinski definition) is 2. The second-order valence-electron chi connectivity index (χ2n) is 6.15. The van der Waals surface area contributed by atoms with E-state index in [0.29, 0.717) is 5.84 Å². The molecule has 1 aliphatic heterocycles. The molecule has 1 unspecified atom stereocenters. The van der Waals surface area contributed by atoms with E-state index < -0.39 is 0 Å².